The monoisotopic (exact) mass is 422 g/mol. The molecule has 0 heterocycles. The van der Waals surface area contributed by atoms with E-state index in [2.05, 4.69) is 44.0 Å². The summed E-state index contributed by atoms with van der Waals surface area (Å²) in [5.41, 5.74) is 4.14. The molecule has 0 bridgehead atoms. The van der Waals surface area contributed by atoms with Crippen molar-refractivity contribution >= 4 is 43.4 Å². The molecule has 0 aliphatic carbocycles. The standard InChI is InChI=1S/C18H16Br2O2/c1-3-22-18(21)8-12(2)13-4-6-14(7-5-13)15-9-16(19)11-17(20)10-15/h4-11H,3H2,1-2H3/b12-8+. The zero-order valence-electron chi connectivity index (χ0n) is 12.4. The van der Waals surface area contributed by atoms with Crippen LogP contribution in [0.3, 0.4) is 0 Å². The van der Waals surface area contributed by atoms with E-state index in [4.69, 9.17) is 4.74 Å². The third-order valence-corrected chi connectivity index (χ3v) is 4.07. The minimum atomic E-state index is -0.306. The Bertz CT molecular complexity index is 683. The molecule has 0 saturated carbocycles. The summed E-state index contributed by atoms with van der Waals surface area (Å²) in [6, 6.07) is 14.3. The van der Waals surface area contributed by atoms with Crippen LogP contribution < -0.4 is 0 Å². The molecule has 0 amide bonds. The van der Waals surface area contributed by atoms with E-state index in [0.29, 0.717) is 6.61 Å². The molecule has 0 aromatic heterocycles. The Hall–Kier alpha value is -1.39. The van der Waals surface area contributed by atoms with Crippen LogP contribution in [0.2, 0.25) is 0 Å². The van der Waals surface area contributed by atoms with Gasteiger partial charge < -0.3 is 4.74 Å². The molecule has 0 saturated heterocycles. The topological polar surface area (TPSA) is 26.3 Å². The van der Waals surface area contributed by atoms with E-state index in [1.54, 1.807) is 6.92 Å². The summed E-state index contributed by atoms with van der Waals surface area (Å²) >= 11 is 7.00. The second kappa shape index (κ2) is 7.75. The zero-order chi connectivity index (χ0) is 16.1. The predicted molar refractivity (Wildman–Crippen MR) is 97.6 cm³/mol. The van der Waals surface area contributed by atoms with Gasteiger partial charge in [-0.15, -0.1) is 0 Å². The Kier molecular flexibility index (Phi) is 5.98. The average Bonchev–Trinajstić information content (AvgIpc) is 2.46. The third-order valence-electron chi connectivity index (χ3n) is 3.16. The van der Waals surface area contributed by atoms with E-state index in [0.717, 1.165) is 31.2 Å². The van der Waals surface area contributed by atoms with Crippen LogP contribution in [-0.4, -0.2) is 12.6 Å². The predicted octanol–water partition coefficient (Wildman–Crippen LogP) is 5.85. The molecule has 2 aromatic rings. The van der Waals surface area contributed by atoms with Crippen LogP contribution in [0.4, 0.5) is 0 Å². The van der Waals surface area contributed by atoms with Gasteiger partial charge in [-0.05, 0) is 54.3 Å². The van der Waals surface area contributed by atoms with Crippen molar-refractivity contribution in [1.82, 2.24) is 0 Å². The van der Waals surface area contributed by atoms with Crippen molar-refractivity contribution in [1.29, 1.82) is 0 Å². The lowest BCUT2D eigenvalue weighted by atomic mass is 10.0. The molecule has 2 rings (SSSR count). The molecule has 0 aliphatic rings. The number of carbonyl (C=O) groups excluding carboxylic acids is 1. The summed E-state index contributed by atoms with van der Waals surface area (Å²) in [6.45, 7) is 4.09. The fourth-order valence-corrected chi connectivity index (χ4v) is 3.38. The maximum absolute atomic E-state index is 11.5. The molecule has 0 unspecified atom stereocenters. The van der Waals surface area contributed by atoms with Gasteiger partial charge in [-0.1, -0.05) is 56.1 Å². The highest BCUT2D eigenvalue weighted by Crippen LogP contribution is 2.28. The van der Waals surface area contributed by atoms with Gasteiger partial charge in [-0.2, -0.15) is 0 Å². The third kappa shape index (κ3) is 4.55. The Balaban J connectivity index is 2.25. The van der Waals surface area contributed by atoms with Crippen molar-refractivity contribution in [3.63, 3.8) is 0 Å². The average molecular weight is 424 g/mol. The van der Waals surface area contributed by atoms with Gasteiger partial charge in [0.05, 0.1) is 6.61 Å². The van der Waals surface area contributed by atoms with Crippen LogP contribution in [0.1, 0.15) is 19.4 Å². The molecular weight excluding hydrogens is 408 g/mol. The van der Waals surface area contributed by atoms with Crippen LogP contribution in [0.15, 0.2) is 57.5 Å². The van der Waals surface area contributed by atoms with Crippen molar-refractivity contribution < 1.29 is 9.53 Å². The van der Waals surface area contributed by atoms with Crippen LogP contribution in [0.25, 0.3) is 16.7 Å². The highest BCUT2D eigenvalue weighted by Gasteiger charge is 2.04. The summed E-state index contributed by atoms with van der Waals surface area (Å²) < 4.78 is 6.98. The lowest BCUT2D eigenvalue weighted by molar-refractivity contribution is -0.137. The fourth-order valence-electron chi connectivity index (χ4n) is 2.09. The van der Waals surface area contributed by atoms with Gasteiger partial charge in [-0.25, -0.2) is 4.79 Å². The Morgan fingerprint density at radius 1 is 1.05 bits per heavy atom. The molecule has 0 radical (unpaired) electrons. The van der Waals surface area contributed by atoms with Gasteiger partial charge in [0.2, 0.25) is 0 Å². The van der Waals surface area contributed by atoms with Gasteiger partial charge in [0.1, 0.15) is 0 Å². The highest BCUT2D eigenvalue weighted by molar-refractivity contribution is 9.11. The molecular formula is C18H16Br2O2. The molecule has 0 spiro atoms. The minimum absolute atomic E-state index is 0.306. The first-order valence-corrected chi connectivity index (χ1v) is 8.50. The first kappa shape index (κ1) is 17.0. The Morgan fingerprint density at radius 2 is 1.64 bits per heavy atom. The van der Waals surface area contributed by atoms with E-state index in [1.165, 1.54) is 6.08 Å². The van der Waals surface area contributed by atoms with Gasteiger partial charge >= 0.3 is 5.97 Å². The number of ether oxygens (including phenoxy) is 1. The molecule has 0 N–H and O–H groups in total. The van der Waals surface area contributed by atoms with E-state index in [9.17, 15) is 4.79 Å². The summed E-state index contributed by atoms with van der Waals surface area (Å²) in [5.74, 6) is -0.306. The number of carbonyl (C=O) groups is 1. The molecule has 0 fully saturated rings. The van der Waals surface area contributed by atoms with Crippen LogP contribution in [-0.2, 0) is 9.53 Å². The number of esters is 1. The molecule has 2 aromatic carbocycles. The summed E-state index contributed by atoms with van der Waals surface area (Å²) in [7, 11) is 0. The van der Waals surface area contributed by atoms with Crippen molar-refractivity contribution in [3.05, 3.63) is 63.0 Å². The van der Waals surface area contributed by atoms with Gasteiger partial charge in [0.15, 0.2) is 0 Å². The van der Waals surface area contributed by atoms with Crippen LogP contribution >= 0.6 is 31.9 Å². The quantitative estimate of drug-likeness (QED) is 0.455. The number of hydrogen-bond donors (Lipinski definition) is 0. The van der Waals surface area contributed by atoms with Crippen LogP contribution in [0.5, 0.6) is 0 Å². The first-order chi connectivity index (χ1) is 10.5. The highest BCUT2D eigenvalue weighted by atomic mass is 79.9. The Morgan fingerprint density at radius 3 is 2.18 bits per heavy atom. The van der Waals surface area contributed by atoms with E-state index in [1.807, 2.05) is 37.3 Å². The molecule has 114 valence electrons. The first-order valence-electron chi connectivity index (χ1n) is 6.91. The second-order valence-electron chi connectivity index (χ2n) is 4.81. The SMILES string of the molecule is CCOC(=O)/C=C(\C)c1ccc(-c2cc(Br)cc(Br)c2)cc1. The van der Waals surface area contributed by atoms with Crippen LogP contribution in [0, 0.1) is 0 Å². The van der Waals surface area contributed by atoms with Crippen molar-refractivity contribution in [2.24, 2.45) is 0 Å². The Labute approximate surface area is 147 Å². The van der Waals surface area contributed by atoms with E-state index >= 15 is 0 Å². The van der Waals surface area contributed by atoms with Crippen molar-refractivity contribution in [2.45, 2.75) is 13.8 Å². The number of benzene rings is 2. The lowest BCUT2D eigenvalue weighted by Gasteiger charge is -2.07. The smallest absolute Gasteiger partial charge is 0.331 e. The van der Waals surface area contributed by atoms with Gasteiger partial charge in [0, 0.05) is 15.0 Å². The fraction of sp³-hybridized carbons (Fsp3) is 0.167. The second-order valence-corrected chi connectivity index (χ2v) is 6.65. The maximum atomic E-state index is 11.5. The number of allylic oxidation sites excluding steroid dienone is 1. The minimum Gasteiger partial charge on any atom is -0.463 e. The normalized spacial score (nSPS) is 11.4. The maximum Gasteiger partial charge on any atom is 0.331 e. The summed E-state index contributed by atoms with van der Waals surface area (Å²) in [4.78, 5) is 11.5. The molecule has 0 aliphatic heterocycles. The number of rotatable bonds is 4. The molecule has 4 heteroatoms. The van der Waals surface area contributed by atoms with Crippen molar-refractivity contribution in [3.8, 4) is 11.1 Å². The largest absolute Gasteiger partial charge is 0.463 e. The molecule has 0 atom stereocenters. The summed E-state index contributed by atoms with van der Waals surface area (Å²) in [6.07, 6.45) is 1.52. The van der Waals surface area contributed by atoms with E-state index < -0.39 is 0 Å². The molecule has 2 nitrogen and oxygen atoms in total. The van der Waals surface area contributed by atoms with Gasteiger partial charge in [-0.3, -0.25) is 0 Å². The van der Waals surface area contributed by atoms with Crippen molar-refractivity contribution in [2.75, 3.05) is 6.61 Å². The molecule has 22 heavy (non-hydrogen) atoms. The lowest BCUT2D eigenvalue weighted by Crippen LogP contribution is -2.00. The van der Waals surface area contributed by atoms with E-state index in [-0.39, 0.29) is 5.97 Å². The zero-order valence-corrected chi connectivity index (χ0v) is 15.6. The summed E-state index contributed by atoms with van der Waals surface area (Å²) in [5, 5.41) is 0. The number of hydrogen-bond acceptors (Lipinski definition) is 2. The number of halogens is 2. The van der Waals surface area contributed by atoms with Gasteiger partial charge in [0.25, 0.3) is 0 Å².